The van der Waals surface area contributed by atoms with Gasteiger partial charge in [-0.3, -0.25) is 0 Å². The molecule has 0 bridgehead atoms. The minimum absolute atomic E-state index is 1.37. The van der Waals surface area contributed by atoms with E-state index in [0.29, 0.717) is 0 Å². The molecular weight excluding hydrogens is 200 g/mol. The zero-order valence-corrected chi connectivity index (χ0v) is 10.6. The Hall–Kier alpha value is -1.06. The van der Waals surface area contributed by atoms with Crippen LogP contribution in [0.3, 0.4) is 0 Å². The average Bonchev–Trinajstić information content (AvgIpc) is 2.37. The van der Waals surface area contributed by atoms with Crippen LogP contribution in [0.15, 0.2) is 12.4 Å². The van der Waals surface area contributed by atoms with Gasteiger partial charge in [0.1, 0.15) is 0 Å². The van der Waals surface area contributed by atoms with E-state index in [9.17, 15) is 0 Å². The van der Waals surface area contributed by atoms with Crippen molar-refractivity contribution in [3.05, 3.63) is 12.4 Å². The highest BCUT2D eigenvalue weighted by molar-refractivity contribution is 4.52. The van der Waals surface area contributed by atoms with Gasteiger partial charge in [-0.05, 0) is 10.4 Å². The summed E-state index contributed by atoms with van der Waals surface area (Å²) in [5, 5.41) is 13.1. The normalized spacial score (nSPS) is 9.38. The minimum Gasteiger partial charge on any atom is -0.136 e. The molecule has 1 aromatic rings. The Balaban J connectivity index is 0.000000315. The van der Waals surface area contributed by atoms with Crippen molar-refractivity contribution in [3.63, 3.8) is 0 Å². The van der Waals surface area contributed by atoms with E-state index in [1.807, 2.05) is 0 Å². The summed E-state index contributed by atoms with van der Waals surface area (Å²) in [5.74, 6) is 0. The van der Waals surface area contributed by atoms with Crippen LogP contribution in [0.4, 0.5) is 0 Å². The van der Waals surface area contributed by atoms with Gasteiger partial charge in [-0.2, -0.15) is 0 Å². The summed E-state index contributed by atoms with van der Waals surface area (Å²) in [6.45, 7) is 4.54. The second-order valence-corrected chi connectivity index (χ2v) is 3.83. The average molecular weight is 224 g/mol. The van der Waals surface area contributed by atoms with Crippen molar-refractivity contribution in [3.8, 4) is 0 Å². The lowest BCUT2D eigenvalue weighted by Crippen LogP contribution is -1.84. The van der Waals surface area contributed by atoms with E-state index in [1.165, 1.54) is 63.8 Å². The highest BCUT2D eigenvalue weighted by Gasteiger charge is 1.87. The van der Waals surface area contributed by atoms with Gasteiger partial charge in [0, 0.05) is 0 Å². The zero-order chi connectivity index (χ0) is 11.9. The van der Waals surface area contributed by atoms with E-state index >= 15 is 0 Å². The molecule has 1 rings (SSSR count). The van der Waals surface area contributed by atoms with Crippen molar-refractivity contribution in [2.75, 3.05) is 0 Å². The molecule has 1 heterocycles. The fraction of sp³-hybridized carbons (Fsp3) is 0.833. The second kappa shape index (κ2) is 13.9. The second-order valence-electron chi connectivity index (χ2n) is 3.83. The van der Waals surface area contributed by atoms with E-state index in [-0.39, 0.29) is 0 Å². The van der Waals surface area contributed by atoms with Gasteiger partial charge in [0.15, 0.2) is 0 Å². The number of aromatic nitrogens is 4. The van der Waals surface area contributed by atoms with Crippen molar-refractivity contribution in [2.45, 2.75) is 65.2 Å². The van der Waals surface area contributed by atoms with Crippen molar-refractivity contribution in [1.82, 2.24) is 20.6 Å². The summed E-state index contributed by atoms with van der Waals surface area (Å²) in [5.41, 5.74) is 0. The Morgan fingerprint density at radius 1 is 0.625 bits per heavy atom. The third-order valence-electron chi connectivity index (χ3n) is 2.30. The van der Waals surface area contributed by atoms with E-state index in [1.54, 1.807) is 0 Å². The van der Waals surface area contributed by atoms with Gasteiger partial charge in [0.25, 0.3) is 0 Å². The third kappa shape index (κ3) is 12.9. The van der Waals surface area contributed by atoms with Crippen molar-refractivity contribution in [1.29, 1.82) is 0 Å². The van der Waals surface area contributed by atoms with Gasteiger partial charge in [-0.25, -0.2) is 0 Å². The molecule has 0 aromatic carbocycles. The summed E-state index contributed by atoms with van der Waals surface area (Å²) < 4.78 is 0. The van der Waals surface area contributed by atoms with Gasteiger partial charge in [0.2, 0.25) is 0 Å². The maximum absolute atomic E-state index is 3.36. The van der Waals surface area contributed by atoms with Gasteiger partial charge in [0.05, 0.1) is 12.4 Å². The molecule has 0 aliphatic rings. The number of hydrogen-bond donors (Lipinski definition) is 0. The first-order valence-corrected chi connectivity index (χ1v) is 6.36. The van der Waals surface area contributed by atoms with Crippen molar-refractivity contribution >= 4 is 0 Å². The molecule has 0 saturated carbocycles. The van der Waals surface area contributed by atoms with Gasteiger partial charge >= 0.3 is 0 Å². The molecule has 0 spiro atoms. The lowest BCUT2D eigenvalue weighted by Gasteiger charge is -1.97. The van der Waals surface area contributed by atoms with Crippen LogP contribution in [-0.2, 0) is 0 Å². The molecule has 16 heavy (non-hydrogen) atoms. The molecule has 92 valence electrons. The van der Waals surface area contributed by atoms with Crippen LogP contribution in [0.5, 0.6) is 0 Å². The van der Waals surface area contributed by atoms with Crippen LogP contribution in [-0.4, -0.2) is 20.6 Å². The third-order valence-corrected chi connectivity index (χ3v) is 2.30. The maximum atomic E-state index is 3.36. The Morgan fingerprint density at radius 3 is 1.25 bits per heavy atom. The van der Waals surface area contributed by atoms with Crippen molar-refractivity contribution in [2.24, 2.45) is 0 Å². The van der Waals surface area contributed by atoms with Crippen LogP contribution in [0.2, 0.25) is 0 Å². The maximum Gasteiger partial charge on any atom is 0.0716 e. The van der Waals surface area contributed by atoms with Gasteiger partial charge < -0.3 is 0 Å². The fourth-order valence-corrected chi connectivity index (χ4v) is 1.37. The molecule has 0 amide bonds. The Bertz CT molecular complexity index is 169. The Morgan fingerprint density at radius 2 is 1.00 bits per heavy atom. The molecular formula is C12H24N4. The molecule has 4 heteroatoms. The van der Waals surface area contributed by atoms with Crippen LogP contribution in [0, 0.1) is 0 Å². The molecule has 0 fully saturated rings. The zero-order valence-electron chi connectivity index (χ0n) is 10.6. The Kier molecular flexibility index (Phi) is 13.0. The molecule has 4 nitrogen and oxygen atoms in total. The lowest BCUT2D eigenvalue weighted by molar-refractivity contribution is 0.585. The number of hydrogen-bond acceptors (Lipinski definition) is 4. The molecule has 0 unspecified atom stereocenters. The highest BCUT2D eigenvalue weighted by Crippen LogP contribution is 2.07. The summed E-state index contributed by atoms with van der Waals surface area (Å²) in [6.07, 6.45) is 14.4. The van der Waals surface area contributed by atoms with E-state index < -0.39 is 0 Å². The topological polar surface area (TPSA) is 51.6 Å². The fourth-order valence-electron chi connectivity index (χ4n) is 1.37. The predicted molar refractivity (Wildman–Crippen MR) is 65.9 cm³/mol. The molecule has 0 aliphatic carbocycles. The Labute approximate surface area is 98.9 Å². The van der Waals surface area contributed by atoms with Crippen LogP contribution in [0.1, 0.15) is 65.2 Å². The molecule has 0 aliphatic heterocycles. The first kappa shape index (κ1) is 14.9. The van der Waals surface area contributed by atoms with Gasteiger partial charge in [-0.1, -0.05) is 65.2 Å². The molecule has 0 atom stereocenters. The van der Waals surface area contributed by atoms with E-state index in [4.69, 9.17) is 0 Å². The first-order valence-electron chi connectivity index (χ1n) is 6.36. The van der Waals surface area contributed by atoms with Crippen LogP contribution < -0.4 is 0 Å². The number of nitrogens with zero attached hydrogens (tertiary/aromatic N) is 4. The summed E-state index contributed by atoms with van der Waals surface area (Å²) >= 11 is 0. The smallest absolute Gasteiger partial charge is 0.0716 e. The number of unbranched alkanes of at least 4 members (excludes halogenated alkanes) is 7. The SMILES string of the molecule is CCCCCCCCCC.c1cnnnn1. The van der Waals surface area contributed by atoms with Crippen molar-refractivity contribution < 1.29 is 0 Å². The summed E-state index contributed by atoms with van der Waals surface area (Å²) in [7, 11) is 0. The van der Waals surface area contributed by atoms with Crippen LogP contribution in [0.25, 0.3) is 0 Å². The standard InChI is InChI=1S/C10H22.C2H2N4/c1-3-5-7-9-10-8-6-4-2;1-2-4-6-5-3-1/h3-10H2,1-2H3;1-2H. The van der Waals surface area contributed by atoms with Crippen LogP contribution >= 0.6 is 0 Å². The summed E-state index contributed by atoms with van der Waals surface area (Å²) in [6, 6.07) is 0. The molecule has 1 aromatic heterocycles. The monoisotopic (exact) mass is 224 g/mol. The van der Waals surface area contributed by atoms with E-state index in [2.05, 4.69) is 34.5 Å². The largest absolute Gasteiger partial charge is 0.136 e. The highest BCUT2D eigenvalue weighted by atomic mass is 15.4. The van der Waals surface area contributed by atoms with Gasteiger partial charge in [-0.15, -0.1) is 10.2 Å². The predicted octanol–water partition coefficient (Wildman–Crippen LogP) is 3.41. The molecule has 0 saturated heterocycles. The minimum atomic E-state index is 1.37. The quantitative estimate of drug-likeness (QED) is 0.666. The summed E-state index contributed by atoms with van der Waals surface area (Å²) in [4.78, 5) is 0. The lowest BCUT2D eigenvalue weighted by atomic mass is 10.1. The molecule has 0 radical (unpaired) electrons. The first-order chi connectivity index (χ1) is 7.91. The van der Waals surface area contributed by atoms with E-state index in [0.717, 1.165) is 0 Å². The molecule has 0 N–H and O–H groups in total. The number of rotatable bonds is 7.